The lowest BCUT2D eigenvalue weighted by Gasteiger charge is -2.13. The molecule has 2 N–H and O–H groups in total. The van der Waals surface area contributed by atoms with Gasteiger partial charge in [0.15, 0.2) is 0 Å². The lowest BCUT2D eigenvalue weighted by atomic mass is 10.4. The van der Waals surface area contributed by atoms with Crippen molar-refractivity contribution in [3.63, 3.8) is 0 Å². The maximum Gasteiger partial charge on any atom is 0.439 e. The summed E-state index contributed by atoms with van der Waals surface area (Å²) < 4.78 is 150. The van der Waals surface area contributed by atoms with Gasteiger partial charge in [0.1, 0.15) is 0 Å². The molecule has 0 unspecified atom stereocenters. The van der Waals surface area contributed by atoms with Crippen LogP contribution in [0.5, 0.6) is 0 Å². The highest BCUT2D eigenvalue weighted by Gasteiger charge is 2.54. The molecular weight excluding hydrogens is 448 g/mol. The normalized spacial score (nSPS) is 13.1. The zero-order chi connectivity index (χ0) is 21.0. The molecule has 0 bridgehead atoms. The number of nitrogens with one attached hydrogen (secondary N) is 2. The van der Waals surface area contributed by atoms with Crippen LogP contribution in [0.3, 0.4) is 0 Å². The van der Waals surface area contributed by atoms with Crippen molar-refractivity contribution in [2.24, 2.45) is 8.80 Å². The highest BCUT2D eigenvalue weighted by Crippen LogP contribution is 2.32. The SMILES string of the molecule is O=C(NSN=C(C(F)(F)F)C(F)(F)F)NSN=C(C(F)(F)F)C(F)(F)F. The molecule has 0 fully saturated rings. The molecule has 0 radical (unpaired) electrons. The van der Waals surface area contributed by atoms with E-state index in [1.54, 1.807) is 0 Å². The number of hydrogen-bond acceptors (Lipinski definition) is 5. The van der Waals surface area contributed by atoms with Crippen LogP contribution in [0.4, 0.5) is 57.5 Å². The zero-order valence-corrected chi connectivity index (χ0v) is 12.8. The standard InChI is InChI=1S/C7H2F12N4OS2/c8-4(9,10)1(5(11,12)13)20-25-22-3(24)23-26-21-2(6(14,15)16)7(17,18)19/h(H2,22,23,24). The quantitative estimate of drug-likeness (QED) is 0.376. The third-order valence-corrected chi connectivity index (χ3v) is 2.73. The molecule has 0 saturated heterocycles. The van der Waals surface area contributed by atoms with Gasteiger partial charge in [-0.3, -0.25) is 9.44 Å². The van der Waals surface area contributed by atoms with Gasteiger partial charge >= 0.3 is 30.7 Å². The van der Waals surface area contributed by atoms with Crippen LogP contribution in [0.25, 0.3) is 0 Å². The molecule has 26 heavy (non-hydrogen) atoms. The minimum atomic E-state index is -5.93. The van der Waals surface area contributed by atoms with Gasteiger partial charge in [-0.25, -0.2) is 4.79 Å². The highest BCUT2D eigenvalue weighted by atomic mass is 32.2. The van der Waals surface area contributed by atoms with Gasteiger partial charge in [-0.1, -0.05) is 0 Å². The van der Waals surface area contributed by atoms with Crippen LogP contribution in [0.2, 0.25) is 0 Å². The summed E-state index contributed by atoms with van der Waals surface area (Å²) in [6, 6.07) is -1.79. The van der Waals surface area contributed by atoms with Gasteiger partial charge in [-0.15, -0.1) is 0 Å². The van der Waals surface area contributed by atoms with E-state index in [-0.39, 0.29) is 0 Å². The maximum atomic E-state index is 12.0. The van der Waals surface area contributed by atoms with Crippen LogP contribution in [-0.4, -0.2) is 42.2 Å². The molecule has 0 spiro atoms. The summed E-state index contributed by atoms with van der Waals surface area (Å²) >= 11 is -1.65. The molecule has 0 aromatic carbocycles. The largest absolute Gasteiger partial charge is 0.439 e. The summed E-state index contributed by atoms with van der Waals surface area (Å²) in [5.41, 5.74) is -6.50. The molecule has 0 heterocycles. The van der Waals surface area contributed by atoms with E-state index in [1.807, 2.05) is 8.80 Å². The van der Waals surface area contributed by atoms with Crippen molar-refractivity contribution in [2.75, 3.05) is 0 Å². The second-order valence-corrected chi connectivity index (χ2v) is 4.73. The predicted molar refractivity (Wildman–Crippen MR) is 65.9 cm³/mol. The Balaban J connectivity index is 4.84. The van der Waals surface area contributed by atoms with Gasteiger partial charge in [0.05, 0.1) is 24.3 Å². The zero-order valence-electron chi connectivity index (χ0n) is 11.2. The summed E-state index contributed by atoms with van der Waals surface area (Å²) in [7, 11) is 0. The summed E-state index contributed by atoms with van der Waals surface area (Å²) in [6.45, 7) is 0. The molecule has 0 rings (SSSR count). The van der Waals surface area contributed by atoms with Crippen LogP contribution in [0.1, 0.15) is 0 Å². The van der Waals surface area contributed by atoms with Crippen molar-refractivity contribution in [1.82, 2.24) is 9.44 Å². The fourth-order valence-electron chi connectivity index (χ4n) is 0.769. The van der Waals surface area contributed by atoms with Crippen molar-refractivity contribution in [2.45, 2.75) is 24.7 Å². The van der Waals surface area contributed by atoms with E-state index in [9.17, 15) is 57.5 Å². The smallest absolute Gasteiger partial charge is 0.262 e. The molecule has 2 amide bonds. The lowest BCUT2D eigenvalue weighted by Crippen LogP contribution is -2.37. The first-order valence-electron chi connectivity index (χ1n) is 5.19. The van der Waals surface area contributed by atoms with E-state index in [2.05, 4.69) is 0 Å². The van der Waals surface area contributed by atoms with Gasteiger partial charge in [-0.05, 0) is 0 Å². The van der Waals surface area contributed by atoms with Gasteiger partial charge in [0.25, 0.3) is 0 Å². The third kappa shape index (κ3) is 8.72. The van der Waals surface area contributed by atoms with E-state index < -0.39 is 66.4 Å². The van der Waals surface area contributed by atoms with Crippen molar-refractivity contribution < 1.29 is 57.5 Å². The molecule has 5 nitrogen and oxygen atoms in total. The Morgan fingerprint density at radius 2 is 0.808 bits per heavy atom. The molecule has 0 aliphatic rings. The molecule has 0 saturated carbocycles. The third-order valence-electron chi connectivity index (χ3n) is 1.62. The van der Waals surface area contributed by atoms with Crippen molar-refractivity contribution >= 4 is 41.7 Å². The van der Waals surface area contributed by atoms with Gasteiger partial charge in [0, 0.05) is 0 Å². The number of carbonyl (C=O) groups excluding carboxylic acids is 1. The number of nitrogens with zero attached hydrogens (tertiary/aromatic N) is 2. The second kappa shape index (κ2) is 8.44. The fourth-order valence-corrected chi connectivity index (χ4v) is 1.79. The summed E-state index contributed by atoms with van der Waals surface area (Å²) in [5.74, 6) is 0. The van der Waals surface area contributed by atoms with Gasteiger partial charge in [0.2, 0.25) is 11.4 Å². The molecule has 19 heteroatoms. The first-order valence-corrected chi connectivity index (χ1v) is 6.74. The number of hydrogen-bond donors (Lipinski definition) is 2. The predicted octanol–water partition coefficient (Wildman–Crippen LogP) is 4.54. The van der Waals surface area contributed by atoms with Crippen molar-refractivity contribution in [3.8, 4) is 0 Å². The van der Waals surface area contributed by atoms with E-state index in [0.717, 1.165) is 9.44 Å². The summed E-state index contributed by atoms with van der Waals surface area (Å²) in [5, 5.41) is 0. The Hall–Kier alpha value is -1.53. The minimum absolute atomic E-state index is 0.827. The molecule has 0 aliphatic heterocycles. The fraction of sp³-hybridized carbons (Fsp3) is 0.571. The van der Waals surface area contributed by atoms with Crippen LogP contribution in [-0.2, 0) is 0 Å². The Bertz CT molecular complexity index is 480. The Kier molecular flexibility index (Phi) is 7.94. The van der Waals surface area contributed by atoms with Gasteiger partial charge in [-0.2, -0.15) is 61.5 Å². The number of carbonyl (C=O) groups is 1. The maximum absolute atomic E-state index is 12.0. The van der Waals surface area contributed by atoms with Crippen LogP contribution >= 0.6 is 24.3 Å². The van der Waals surface area contributed by atoms with E-state index >= 15 is 0 Å². The molecule has 0 atom stereocenters. The Morgan fingerprint density at radius 1 is 0.577 bits per heavy atom. The molecular formula is C7H2F12N4OS2. The Labute approximate surface area is 143 Å². The second-order valence-electron chi connectivity index (χ2n) is 3.59. The number of amides is 2. The first kappa shape index (κ1) is 24.5. The van der Waals surface area contributed by atoms with Crippen LogP contribution in [0.15, 0.2) is 8.80 Å². The van der Waals surface area contributed by atoms with E-state index in [0.29, 0.717) is 0 Å². The number of urea groups is 1. The highest BCUT2D eigenvalue weighted by molar-refractivity contribution is 7.98. The van der Waals surface area contributed by atoms with Gasteiger partial charge < -0.3 is 0 Å². The average Bonchev–Trinajstić information content (AvgIpc) is 2.33. The average molecular weight is 450 g/mol. The summed E-state index contributed by atoms with van der Waals surface area (Å²) in [6.07, 6.45) is -23.7. The molecule has 0 aromatic heterocycles. The Morgan fingerprint density at radius 3 is 1.00 bits per heavy atom. The number of rotatable bonds is 4. The lowest BCUT2D eigenvalue weighted by molar-refractivity contribution is -0.119. The molecule has 152 valence electrons. The van der Waals surface area contributed by atoms with E-state index in [4.69, 9.17) is 0 Å². The van der Waals surface area contributed by atoms with Crippen molar-refractivity contribution in [3.05, 3.63) is 0 Å². The molecule has 0 aliphatic carbocycles. The van der Waals surface area contributed by atoms with Crippen LogP contribution < -0.4 is 9.44 Å². The number of halogens is 12. The van der Waals surface area contributed by atoms with Crippen LogP contribution in [0, 0.1) is 0 Å². The summed E-state index contributed by atoms with van der Waals surface area (Å²) in [4.78, 5) is 10.9. The first-order chi connectivity index (χ1) is 11.4. The van der Waals surface area contributed by atoms with E-state index in [1.165, 1.54) is 0 Å². The topological polar surface area (TPSA) is 65.8 Å². The minimum Gasteiger partial charge on any atom is -0.262 e. The van der Waals surface area contributed by atoms with Crippen molar-refractivity contribution in [1.29, 1.82) is 0 Å². The molecule has 0 aromatic rings. The number of alkyl halides is 12. The monoisotopic (exact) mass is 450 g/mol.